The average molecular weight is 329 g/mol. The van der Waals surface area contributed by atoms with E-state index in [1.807, 2.05) is 12.1 Å². The van der Waals surface area contributed by atoms with Gasteiger partial charge in [0.25, 0.3) is 0 Å². The predicted octanol–water partition coefficient (Wildman–Crippen LogP) is 5.75. The molecule has 0 heterocycles. The maximum absolute atomic E-state index is 10.5. The van der Waals surface area contributed by atoms with Crippen LogP contribution in [-0.4, -0.2) is 11.2 Å². The molecule has 2 rings (SSSR count). The van der Waals surface area contributed by atoms with Crippen molar-refractivity contribution in [3.8, 4) is 0 Å². The topological polar surface area (TPSA) is 20.2 Å². The lowest BCUT2D eigenvalue weighted by atomic mass is 9.68. The van der Waals surface area contributed by atoms with E-state index in [1.165, 1.54) is 12.8 Å². The average Bonchev–Trinajstić information content (AvgIpc) is 2.41. The Hall–Kier alpha value is -0.240. The monoisotopic (exact) mass is 328 g/mol. The summed E-state index contributed by atoms with van der Waals surface area (Å²) in [7, 11) is 0. The van der Waals surface area contributed by atoms with E-state index < -0.39 is 0 Å². The highest BCUT2D eigenvalue weighted by Crippen LogP contribution is 2.41. The van der Waals surface area contributed by atoms with Gasteiger partial charge in [-0.1, -0.05) is 50.0 Å². The van der Waals surface area contributed by atoms with E-state index in [2.05, 4.69) is 20.8 Å². The van der Waals surface area contributed by atoms with E-state index in [-0.39, 0.29) is 6.10 Å². The van der Waals surface area contributed by atoms with Crippen LogP contribution in [0.5, 0.6) is 0 Å². The van der Waals surface area contributed by atoms with Crippen LogP contribution in [0.1, 0.15) is 52.0 Å². The zero-order chi connectivity index (χ0) is 15.6. The highest BCUT2D eigenvalue weighted by atomic mass is 35.5. The Morgan fingerprint density at radius 2 is 1.76 bits per heavy atom. The normalized spacial score (nSPS) is 24.9. The molecule has 1 N–H and O–H groups in total. The highest BCUT2D eigenvalue weighted by molar-refractivity contribution is 6.35. The molecule has 21 heavy (non-hydrogen) atoms. The summed E-state index contributed by atoms with van der Waals surface area (Å²) in [6, 6.07) is 5.52. The van der Waals surface area contributed by atoms with Crippen molar-refractivity contribution in [3.05, 3.63) is 33.8 Å². The first kappa shape index (κ1) is 17.1. The van der Waals surface area contributed by atoms with Crippen LogP contribution >= 0.6 is 23.2 Å². The Morgan fingerprint density at radius 1 is 1.14 bits per heavy atom. The third kappa shape index (κ3) is 4.61. The molecule has 1 saturated carbocycles. The van der Waals surface area contributed by atoms with Crippen molar-refractivity contribution in [3.63, 3.8) is 0 Å². The summed E-state index contributed by atoms with van der Waals surface area (Å²) < 4.78 is 0. The molecule has 1 aromatic rings. The van der Waals surface area contributed by atoms with Crippen LogP contribution in [-0.2, 0) is 6.42 Å². The molecule has 1 aromatic carbocycles. The number of halogens is 2. The first-order valence-electron chi connectivity index (χ1n) is 7.89. The molecule has 1 nitrogen and oxygen atoms in total. The third-order valence-corrected chi connectivity index (χ3v) is 5.57. The van der Waals surface area contributed by atoms with Gasteiger partial charge in [-0.05, 0) is 60.6 Å². The number of benzene rings is 1. The number of hydrogen-bond acceptors (Lipinski definition) is 1. The second kappa shape index (κ2) is 6.89. The minimum Gasteiger partial charge on any atom is -0.392 e. The maximum atomic E-state index is 10.5. The van der Waals surface area contributed by atoms with Gasteiger partial charge < -0.3 is 5.11 Å². The van der Waals surface area contributed by atoms with Gasteiger partial charge in [0.15, 0.2) is 0 Å². The molecular weight excluding hydrogens is 303 g/mol. The fourth-order valence-electron chi connectivity index (χ4n) is 3.45. The second-order valence-electron chi connectivity index (χ2n) is 7.48. The molecule has 0 bridgehead atoms. The summed E-state index contributed by atoms with van der Waals surface area (Å²) in [6.07, 6.45) is 5.01. The van der Waals surface area contributed by atoms with Gasteiger partial charge in [-0.2, -0.15) is 0 Å². The molecule has 118 valence electrons. The molecule has 0 aliphatic heterocycles. The largest absolute Gasteiger partial charge is 0.392 e. The van der Waals surface area contributed by atoms with Crippen LogP contribution in [0.3, 0.4) is 0 Å². The van der Waals surface area contributed by atoms with Crippen LogP contribution in [0.25, 0.3) is 0 Å². The second-order valence-corrected chi connectivity index (χ2v) is 8.33. The predicted molar refractivity (Wildman–Crippen MR) is 91.1 cm³/mol. The van der Waals surface area contributed by atoms with Crippen LogP contribution in [0, 0.1) is 17.3 Å². The van der Waals surface area contributed by atoms with Gasteiger partial charge in [-0.25, -0.2) is 0 Å². The summed E-state index contributed by atoms with van der Waals surface area (Å²) in [5.41, 5.74) is 1.38. The number of aliphatic hydroxyl groups is 1. The molecule has 1 fully saturated rings. The molecule has 0 spiro atoms. The molecular formula is C18H26Cl2O. The molecule has 0 radical (unpaired) electrons. The van der Waals surface area contributed by atoms with Gasteiger partial charge in [0.05, 0.1) is 6.10 Å². The van der Waals surface area contributed by atoms with Crippen LogP contribution < -0.4 is 0 Å². The maximum Gasteiger partial charge on any atom is 0.0609 e. The Morgan fingerprint density at radius 3 is 2.29 bits per heavy atom. The van der Waals surface area contributed by atoms with E-state index in [9.17, 15) is 5.11 Å². The lowest BCUT2D eigenvalue weighted by Crippen LogP contribution is -2.31. The summed E-state index contributed by atoms with van der Waals surface area (Å²) in [4.78, 5) is 0. The Labute approximate surface area is 138 Å². The lowest BCUT2D eigenvalue weighted by molar-refractivity contribution is 0.0537. The molecule has 0 aromatic heterocycles. The van der Waals surface area contributed by atoms with Crippen LogP contribution in [0.15, 0.2) is 18.2 Å². The standard InChI is InChI=1S/C18H26Cl2O/c1-18(2,3)14-7-4-12(5-8-14)17(21)10-13-6-9-15(19)11-16(13)20/h6,9,11-12,14,17,21H,4-5,7-8,10H2,1-3H3. The van der Waals surface area contributed by atoms with Gasteiger partial charge in [0.2, 0.25) is 0 Å². The van der Waals surface area contributed by atoms with Gasteiger partial charge in [0, 0.05) is 16.5 Å². The molecule has 1 aliphatic carbocycles. The van der Waals surface area contributed by atoms with E-state index >= 15 is 0 Å². The molecule has 0 amide bonds. The van der Waals surface area contributed by atoms with Gasteiger partial charge in [-0.15, -0.1) is 0 Å². The number of rotatable bonds is 3. The first-order valence-corrected chi connectivity index (χ1v) is 8.65. The fourth-order valence-corrected chi connectivity index (χ4v) is 3.93. The summed E-state index contributed by atoms with van der Waals surface area (Å²) in [5, 5.41) is 11.8. The van der Waals surface area contributed by atoms with Crippen molar-refractivity contribution >= 4 is 23.2 Å². The molecule has 0 saturated heterocycles. The summed E-state index contributed by atoms with van der Waals surface area (Å²) in [6.45, 7) is 6.96. The van der Waals surface area contributed by atoms with Crippen molar-refractivity contribution in [1.29, 1.82) is 0 Å². The molecule has 1 atom stereocenters. The minimum atomic E-state index is -0.301. The number of hydrogen-bond donors (Lipinski definition) is 1. The SMILES string of the molecule is CC(C)(C)C1CCC(C(O)Cc2ccc(Cl)cc2Cl)CC1. The third-order valence-electron chi connectivity index (χ3n) is 4.98. The molecule has 1 aliphatic rings. The van der Waals surface area contributed by atoms with E-state index in [1.54, 1.807) is 6.07 Å². The van der Waals surface area contributed by atoms with Crippen molar-refractivity contribution < 1.29 is 5.11 Å². The van der Waals surface area contributed by atoms with Crippen molar-refractivity contribution in [2.24, 2.45) is 17.3 Å². The quantitative estimate of drug-likeness (QED) is 0.748. The lowest BCUT2D eigenvalue weighted by Gasteiger charge is -2.38. The molecule has 1 unspecified atom stereocenters. The van der Waals surface area contributed by atoms with Crippen molar-refractivity contribution in [2.45, 2.75) is 59.0 Å². The Bertz CT molecular complexity index is 471. The number of aliphatic hydroxyl groups excluding tert-OH is 1. The minimum absolute atomic E-state index is 0.301. The molecule has 3 heteroatoms. The smallest absolute Gasteiger partial charge is 0.0609 e. The first-order chi connectivity index (χ1) is 9.77. The zero-order valence-corrected chi connectivity index (χ0v) is 14.7. The Balaban J connectivity index is 1.92. The van der Waals surface area contributed by atoms with Crippen molar-refractivity contribution in [2.75, 3.05) is 0 Å². The summed E-state index contributed by atoms with van der Waals surface area (Å²) >= 11 is 12.1. The Kier molecular flexibility index (Phi) is 5.62. The van der Waals surface area contributed by atoms with Crippen LogP contribution in [0.4, 0.5) is 0 Å². The van der Waals surface area contributed by atoms with Gasteiger partial charge in [0.1, 0.15) is 0 Å². The van der Waals surface area contributed by atoms with Crippen LogP contribution in [0.2, 0.25) is 10.0 Å². The fraction of sp³-hybridized carbons (Fsp3) is 0.667. The van der Waals surface area contributed by atoms with E-state index in [0.717, 1.165) is 24.3 Å². The van der Waals surface area contributed by atoms with Crippen molar-refractivity contribution in [1.82, 2.24) is 0 Å². The summed E-state index contributed by atoms with van der Waals surface area (Å²) in [5.74, 6) is 1.18. The highest BCUT2D eigenvalue weighted by Gasteiger charge is 2.32. The zero-order valence-electron chi connectivity index (χ0n) is 13.2. The van der Waals surface area contributed by atoms with Gasteiger partial charge in [-0.3, -0.25) is 0 Å². The van der Waals surface area contributed by atoms with E-state index in [4.69, 9.17) is 23.2 Å². The van der Waals surface area contributed by atoms with Gasteiger partial charge >= 0.3 is 0 Å². The van der Waals surface area contributed by atoms with E-state index in [0.29, 0.717) is 27.8 Å².